The first kappa shape index (κ1) is 74.2. The number of halogens is 4. The van der Waals surface area contributed by atoms with Gasteiger partial charge in [0.2, 0.25) is 5.91 Å². The van der Waals surface area contributed by atoms with Crippen LogP contribution >= 0.6 is 11.6 Å². The maximum Gasteiger partial charge on any atom is 0.417 e. The smallest absolute Gasteiger partial charge is 0.390 e. The van der Waals surface area contributed by atoms with Gasteiger partial charge in [-0.1, -0.05) is 116 Å². The van der Waals surface area contributed by atoms with Gasteiger partial charge in [0, 0.05) is 168 Å². The quantitative estimate of drug-likeness (QED) is 0.127. The van der Waals surface area contributed by atoms with Crippen LogP contribution in [0.15, 0.2) is 71.7 Å². The normalized spacial score (nSPS) is 30.6. The van der Waals surface area contributed by atoms with Gasteiger partial charge < -0.3 is 51.5 Å². The van der Waals surface area contributed by atoms with E-state index >= 15 is 4.79 Å². The van der Waals surface area contributed by atoms with E-state index < -0.39 is 11.7 Å². The minimum Gasteiger partial charge on any atom is -0.390 e. The summed E-state index contributed by atoms with van der Waals surface area (Å²) in [6.45, 7) is 28.5. The summed E-state index contributed by atoms with van der Waals surface area (Å²) in [6.07, 6.45) is 35.2. The van der Waals surface area contributed by atoms with Crippen molar-refractivity contribution in [3.8, 4) is 0 Å². The Hall–Kier alpha value is -3.64. The zero-order chi connectivity index (χ0) is 66.0. The molecule has 3 saturated carbocycles. The molecular weight excluding hydrogens is 1180 g/mol. The summed E-state index contributed by atoms with van der Waals surface area (Å²) in [5, 5.41) is 24.2. The Morgan fingerprint density at radius 1 is 0.793 bits per heavy atom. The monoisotopic (exact) mass is 1300 g/mol. The average Bonchev–Trinajstić information content (AvgIpc) is 0.752. The number of carbonyl (C=O) groups is 1. The molecule has 3 aliphatic carbocycles. The zero-order valence-corrected chi connectivity index (χ0v) is 59.8. The Kier molecular flexibility index (Phi) is 29.1. The molecule has 8 rings (SSSR count). The van der Waals surface area contributed by atoms with Crippen LogP contribution in [-0.2, 0) is 17.4 Å². The second-order valence-corrected chi connectivity index (χ2v) is 30.6. The van der Waals surface area contributed by atoms with Gasteiger partial charge in [0.25, 0.3) is 0 Å². The number of aliphatic imine (C=N–C) groups is 1. The van der Waals surface area contributed by atoms with Crippen molar-refractivity contribution in [2.75, 3.05) is 66.5 Å². The number of likely N-dealkylation sites (tertiary alicyclic amines) is 1. The van der Waals surface area contributed by atoms with Crippen molar-refractivity contribution in [1.82, 2.24) is 56.4 Å². The van der Waals surface area contributed by atoms with Crippen LogP contribution in [0.1, 0.15) is 221 Å². The first-order valence-electron chi connectivity index (χ1n) is 37.0. The van der Waals surface area contributed by atoms with Crippen LogP contribution in [0.25, 0.3) is 0 Å². The molecule has 1 aromatic carbocycles. The zero-order valence-electron chi connectivity index (χ0n) is 59.0. The van der Waals surface area contributed by atoms with Crippen molar-refractivity contribution >= 4 is 23.2 Å². The number of allylic oxidation sites excluding steroid dienone is 3. The fraction of sp³-hybridized carbons (Fsp3) is 0.787. The Labute approximate surface area is 561 Å². The van der Waals surface area contributed by atoms with Crippen molar-refractivity contribution in [3.05, 3.63) is 82.8 Å². The van der Waals surface area contributed by atoms with E-state index in [0.717, 1.165) is 127 Å². The number of alkyl halides is 3. The highest BCUT2D eigenvalue weighted by Crippen LogP contribution is 2.44. The molecule has 5 unspecified atom stereocenters. The van der Waals surface area contributed by atoms with E-state index in [-0.39, 0.29) is 64.8 Å². The number of nitrogens with zero attached hydrogens (tertiary/aromatic N) is 6. The minimum absolute atomic E-state index is 0.0261. The van der Waals surface area contributed by atoms with Crippen molar-refractivity contribution in [1.29, 1.82) is 0 Å². The van der Waals surface area contributed by atoms with E-state index in [2.05, 4.69) is 145 Å². The Balaban J connectivity index is 1.10. The van der Waals surface area contributed by atoms with Gasteiger partial charge in [-0.15, -0.1) is 0 Å². The highest BCUT2D eigenvalue weighted by atomic mass is 35.5. The van der Waals surface area contributed by atoms with Gasteiger partial charge in [0.15, 0.2) is 0 Å². The van der Waals surface area contributed by atoms with Gasteiger partial charge in [-0.05, 0) is 172 Å². The Bertz CT molecular complexity index is 2550. The third-order valence-corrected chi connectivity index (χ3v) is 23.2. The summed E-state index contributed by atoms with van der Waals surface area (Å²) >= 11 is 6.22. The number of rotatable bonds is 11. The van der Waals surface area contributed by atoms with E-state index in [4.69, 9.17) is 16.6 Å². The number of fused-ring (bicyclic) bond motifs is 2. The van der Waals surface area contributed by atoms with Crippen LogP contribution in [0.5, 0.6) is 0 Å². The molecule has 3 saturated heterocycles. The molecule has 6 N–H and O–H groups in total. The van der Waals surface area contributed by atoms with Gasteiger partial charge in [0.1, 0.15) is 0 Å². The number of nitrogens with one attached hydrogen (secondary N) is 6. The molecule has 0 bridgehead atoms. The third kappa shape index (κ3) is 20.9. The summed E-state index contributed by atoms with van der Waals surface area (Å²) in [4.78, 5) is 32.3. The fourth-order valence-electron chi connectivity index (χ4n) is 17.1. The lowest BCUT2D eigenvalue weighted by molar-refractivity contribution is -0.163. The predicted molar refractivity (Wildman–Crippen MR) is 377 cm³/mol. The van der Waals surface area contributed by atoms with Crippen LogP contribution in [0.4, 0.5) is 13.2 Å². The molecule has 1 amide bonds. The lowest BCUT2D eigenvalue weighted by Crippen LogP contribution is -2.76. The molecule has 0 radical (unpaired) electrons. The molecule has 7 aliphatic rings. The first-order valence-corrected chi connectivity index (χ1v) is 37.4. The van der Waals surface area contributed by atoms with Crippen LogP contribution in [-0.4, -0.2) is 162 Å². The molecule has 0 aromatic heterocycles. The van der Waals surface area contributed by atoms with Gasteiger partial charge in [-0.3, -0.25) is 14.7 Å². The minimum atomic E-state index is -4.51. The largest absolute Gasteiger partial charge is 0.417 e. The summed E-state index contributed by atoms with van der Waals surface area (Å²) in [5.74, 6) is 2.55. The second kappa shape index (κ2) is 36.1. The van der Waals surface area contributed by atoms with Gasteiger partial charge in [0.05, 0.1) is 16.5 Å². The van der Waals surface area contributed by atoms with E-state index in [0.29, 0.717) is 48.5 Å². The van der Waals surface area contributed by atoms with Gasteiger partial charge in [-0.25, -0.2) is 0 Å². The first-order chi connectivity index (χ1) is 44.1. The molecule has 6 fully saturated rings. The third-order valence-electron chi connectivity index (χ3n) is 22.9. The summed E-state index contributed by atoms with van der Waals surface area (Å²) in [5.41, 5.74) is 3.36. The highest BCUT2D eigenvalue weighted by Gasteiger charge is 2.56. The molecule has 11 atom stereocenters. The van der Waals surface area contributed by atoms with Crippen LogP contribution in [0.3, 0.4) is 0 Å². The second-order valence-electron chi connectivity index (χ2n) is 30.2. The molecule has 1 aromatic rings. The Morgan fingerprint density at radius 3 is 2.18 bits per heavy atom. The molecule has 17 heteroatoms. The maximum absolute atomic E-state index is 15.0. The Morgan fingerprint density at radius 2 is 1.50 bits per heavy atom. The number of amides is 1. The summed E-state index contributed by atoms with van der Waals surface area (Å²) < 4.78 is 41.1. The molecule has 1 spiro atoms. The molecule has 13 nitrogen and oxygen atoms in total. The van der Waals surface area contributed by atoms with Crippen molar-refractivity contribution in [3.63, 3.8) is 0 Å². The number of hydrogen-bond acceptors (Lipinski definition) is 12. The highest BCUT2D eigenvalue weighted by molar-refractivity contribution is 6.31. The lowest BCUT2D eigenvalue weighted by Gasteiger charge is -2.61. The molecule has 92 heavy (non-hydrogen) atoms. The molecular formula is C75H126ClF3N12O. The topological polar surface area (TPSA) is 118 Å². The van der Waals surface area contributed by atoms with Gasteiger partial charge in [-0.2, -0.15) is 13.2 Å². The average molecular weight is 1300 g/mol. The van der Waals surface area contributed by atoms with Crippen molar-refractivity contribution in [2.24, 2.45) is 34.6 Å². The van der Waals surface area contributed by atoms with Crippen molar-refractivity contribution in [2.45, 2.75) is 283 Å². The molecule has 4 heterocycles. The molecule has 4 aliphatic heterocycles. The number of piperidine rings is 1. The van der Waals surface area contributed by atoms with E-state index in [1.165, 1.54) is 107 Å². The number of hydrogen-bond donors (Lipinski definition) is 6. The van der Waals surface area contributed by atoms with Crippen molar-refractivity contribution < 1.29 is 18.0 Å². The van der Waals surface area contributed by atoms with Gasteiger partial charge >= 0.3 is 6.18 Å². The number of benzene rings is 1. The number of carbonyl (C=O) groups excluding carboxylic acids is 1. The van der Waals surface area contributed by atoms with E-state index in [9.17, 15) is 13.2 Å². The maximum atomic E-state index is 15.0. The van der Waals surface area contributed by atoms with Crippen LogP contribution < -0.4 is 31.9 Å². The summed E-state index contributed by atoms with van der Waals surface area (Å²) in [7, 11) is 4.31. The SMILES string of the molecule is CC[C@H](C)[C@H]1CN[C@@H](CC(C)C)C(C)NCC2[C@@H](C(=O)N3CCCCC3)C(C)N2[C@@H](C2CCCCC2)C(C)NC2(CCCC2)CNCCNC=CC(CCc2ccc(C(F)(F)F)c(Cl)c2)=NC=CN(C)C=C(CC2CCCCC2)N(C)C=C2CCCN2[C@@H](C)C(C)N1. The van der Waals surface area contributed by atoms with E-state index in [1.54, 1.807) is 0 Å². The summed E-state index contributed by atoms with van der Waals surface area (Å²) in [6, 6.07) is 6.18. The van der Waals surface area contributed by atoms with Crippen LogP contribution in [0, 0.1) is 29.6 Å². The fourth-order valence-corrected chi connectivity index (χ4v) is 17.4. The van der Waals surface area contributed by atoms with E-state index in [1.807, 2.05) is 24.7 Å². The van der Waals surface area contributed by atoms with Crippen LogP contribution in [0.2, 0.25) is 5.02 Å². The number of aryl methyl sites for hydroxylation is 1. The predicted octanol–water partition coefficient (Wildman–Crippen LogP) is 14.2. The molecule has 520 valence electrons. The standard InChI is InChI=1S/C75H126ClF3N12O/c1-12-54(4)69-48-84-68(45-53(2)3)56(6)83-49-70-71(73(92)89-41-22-15-23-42-89)59(9)91(70)72(62-27-18-14-19-28-62)57(7)86-74(35-20-21-36-74)52-81-39-38-80-37-34-63(32-30-61-31-33-66(67(76)47-61)75(77,78)79)82-40-44-87(10)50-65(46-60-25-16-13-17-26-60)88(11)51-64-29-24-43-90(64)58(8)55(5)85-69/h31,33-34,37,40,44,47,50-51,53-60,62,68-72,80-81,83-86H,12-30,32,35-36,38-39,41-43,45-46,48-49,52H2,1-11H3/t54-,55?,56?,57?,58-,59?,68-,69+,70?,71-,72+/m0/s1. The lowest BCUT2D eigenvalue weighted by atomic mass is 9.71.